The van der Waals surface area contributed by atoms with Gasteiger partial charge in [0.05, 0.1) is 11.4 Å². The molecule has 1 aliphatic rings. The summed E-state index contributed by atoms with van der Waals surface area (Å²) in [6.07, 6.45) is 0. The van der Waals surface area contributed by atoms with Crippen LogP contribution >= 0.6 is 0 Å². The third-order valence-corrected chi connectivity index (χ3v) is 6.74. The van der Waals surface area contributed by atoms with Crippen molar-refractivity contribution in [3.05, 3.63) is 47.3 Å². The molecule has 1 atom stereocenters. The first-order chi connectivity index (χ1) is 11.4. The number of aryl methyl sites for hydroxylation is 2. The largest absolute Gasteiger partial charge is 0.294 e. The summed E-state index contributed by atoms with van der Waals surface area (Å²) in [7, 11) is -3.50. The molecule has 1 unspecified atom stereocenters. The summed E-state index contributed by atoms with van der Waals surface area (Å²) < 4.78 is 27.5. The van der Waals surface area contributed by atoms with Crippen LogP contribution in [0.4, 0.5) is 0 Å². The molecule has 6 nitrogen and oxygen atoms in total. The molecule has 0 amide bonds. The summed E-state index contributed by atoms with van der Waals surface area (Å²) in [6.45, 7) is 8.14. The number of aromatic amines is 1. The van der Waals surface area contributed by atoms with Crippen molar-refractivity contribution < 1.29 is 8.42 Å². The Balaban J connectivity index is 1.73. The zero-order valence-electron chi connectivity index (χ0n) is 14.4. The Morgan fingerprint density at radius 2 is 1.92 bits per heavy atom. The minimum absolute atomic E-state index is 0.168. The maximum Gasteiger partial charge on any atom is 0.246 e. The molecule has 3 rings (SSSR count). The Morgan fingerprint density at radius 1 is 1.21 bits per heavy atom. The molecule has 7 heteroatoms. The van der Waals surface area contributed by atoms with Gasteiger partial charge in [-0.2, -0.15) is 9.40 Å². The van der Waals surface area contributed by atoms with E-state index in [-0.39, 0.29) is 6.04 Å². The highest BCUT2D eigenvalue weighted by atomic mass is 32.2. The number of benzene rings is 1. The average Bonchev–Trinajstić information content (AvgIpc) is 2.89. The van der Waals surface area contributed by atoms with Gasteiger partial charge in [0.25, 0.3) is 0 Å². The maximum absolute atomic E-state index is 12.9. The molecule has 1 N–H and O–H groups in total. The molecular formula is C17H24N4O2S. The van der Waals surface area contributed by atoms with Crippen molar-refractivity contribution in [3.8, 4) is 0 Å². The highest BCUT2D eigenvalue weighted by Gasteiger charge is 2.34. The van der Waals surface area contributed by atoms with Crippen LogP contribution in [-0.2, 0) is 16.6 Å². The Kier molecular flexibility index (Phi) is 4.76. The first-order valence-electron chi connectivity index (χ1n) is 8.19. The Labute approximate surface area is 143 Å². The van der Waals surface area contributed by atoms with Gasteiger partial charge in [0, 0.05) is 32.2 Å². The lowest BCUT2D eigenvalue weighted by molar-refractivity contribution is 0.122. The van der Waals surface area contributed by atoms with E-state index in [1.165, 1.54) is 5.56 Å². The minimum atomic E-state index is -3.50. The van der Waals surface area contributed by atoms with Crippen LogP contribution in [0.15, 0.2) is 35.2 Å². The van der Waals surface area contributed by atoms with Crippen molar-refractivity contribution >= 4 is 10.0 Å². The first kappa shape index (κ1) is 17.1. The van der Waals surface area contributed by atoms with Gasteiger partial charge in [-0.15, -0.1) is 0 Å². The Hall–Kier alpha value is -1.70. The van der Waals surface area contributed by atoms with Crippen LogP contribution in [-0.4, -0.2) is 53.5 Å². The minimum Gasteiger partial charge on any atom is -0.294 e. The summed E-state index contributed by atoms with van der Waals surface area (Å²) >= 11 is 0. The number of sulfonamides is 1. The highest BCUT2D eigenvalue weighted by Crippen LogP contribution is 2.24. The number of H-pyrrole nitrogens is 1. The van der Waals surface area contributed by atoms with Crippen molar-refractivity contribution in [2.24, 2.45) is 0 Å². The van der Waals surface area contributed by atoms with Gasteiger partial charge in [-0.1, -0.05) is 30.3 Å². The third-order valence-electron chi connectivity index (χ3n) is 4.61. The van der Waals surface area contributed by atoms with Gasteiger partial charge in [0.2, 0.25) is 10.0 Å². The van der Waals surface area contributed by atoms with E-state index in [2.05, 4.69) is 34.2 Å². The molecule has 0 saturated carbocycles. The first-order valence-corrected chi connectivity index (χ1v) is 9.63. The fraction of sp³-hybridized carbons (Fsp3) is 0.471. The summed E-state index contributed by atoms with van der Waals surface area (Å²) in [4.78, 5) is 2.65. The molecule has 1 fully saturated rings. The van der Waals surface area contributed by atoms with Gasteiger partial charge in [0.15, 0.2) is 0 Å². The second kappa shape index (κ2) is 6.66. The van der Waals surface area contributed by atoms with E-state index in [1.54, 1.807) is 18.2 Å². The van der Waals surface area contributed by atoms with E-state index in [0.717, 1.165) is 13.1 Å². The second-order valence-electron chi connectivity index (χ2n) is 6.43. The molecule has 0 aliphatic carbocycles. The van der Waals surface area contributed by atoms with Crippen LogP contribution < -0.4 is 0 Å². The standard InChI is InChI=1S/C17H24N4O2S/c1-13-11-21(24(22,23)17-14(2)18-19-15(17)3)10-9-20(13)12-16-7-5-4-6-8-16/h4-8,13H,9-12H2,1-3H3,(H,18,19). The monoisotopic (exact) mass is 348 g/mol. The van der Waals surface area contributed by atoms with Gasteiger partial charge in [-0.25, -0.2) is 8.42 Å². The average molecular weight is 348 g/mol. The number of aromatic nitrogens is 2. The van der Waals surface area contributed by atoms with Crippen LogP contribution in [0.1, 0.15) is 23.9 Å². The molecule has 24 heavy (non-hydrogen) atoms. The van der Waals surface area contributed by atoms with E-state index in [1.807, 2.05) is 18.2 Å². The van der Waals surface area contributed by atoms with Crippen molar-refractivity contribution in [1.29, 1.82) is 0 Å². The third kappa shape index (κ3) is 3.24. The molecule has 1 aromatic heterocycles. The number of hydrogen-bond acceptors (Lipinski definition) is 4. The Bertz CT molecular complexity index is 782. The number of hydrogen-bond donors (Lipinski definition) is 1. The second-order valence-corrected chi connectivity index (χ2v) is 8.31. The van der Waals surface area contributed by atoms with Gasteiger partial charge >= 0.3 is 0 Å². The summed E-state index contributed by atoms with van der Waals surface area (Å²) in [6, 6.07) is 10.5. The van der Waals surface area contributed by atoms with Gasteiger partial charge < -0.3 is 0 Å². The molecule has 1 saturated heterocycles. The van der Waals surface area contributed by atoms with Crippen LogP contribution in [0, 0.1) is 13.8 Å². The fourth-order valence-corrected chi connectivity index (χ4v) is 5.13. The van der Waals surface area contributed by atoms with Crippen LogP contribution in [0.3, 0.4) is 0 Å². The summed E-state index contributed by atoms with van der Waals surface area (Å²) in [5, 5.41) is 6.79. The van der Waals surface area contributed by atoms with Crippen LogP contribution in [0.25, 0.3) is 0 Å². The van der Waals surface area contributed by atoms with E-state index in [0.29, 0.717) is 29.4 Å². The smallest absolute Gasteiger partial charge is 0.246 e. The quantitative estimate of drug-likeness (QED) is 0.916. The van der Waals surface area contributed by atoms with Gasteiger partial charge in [-0.05, 0) is 26.3 Å². The van der Waals surface area contributed by atoms with Gasteiger partial charge in [-0.3, -0.25) is 10.00 Å². The van der Waals surface area contributed by atoms with E-state index < -0.39 is 10.0 Å². The van der Waals surface area contributed by atoms with E-state index >= 15 is 0 Å². The lowest BCUT2D eigenvalue weighted by Gasteiger charge is -2.39. The van der Waals surface area contributed by atoms with E-state index in [4.69, 9.17) is 0 Å². The normalized spacial score (nSPS) is 20.4. The number of nitrogens with one attached hydrogen (secondary N) is 1. The number of rotatable bonds is 4. The lowest BCUT2D eigenvalue weighted by atomic mass is 10.1. The van der Waals surface area contributed by atoms with Crippen molar-refractivity contribution in [3.63, 3.8) is 0 Å². The topological polar surface area (TPSA) is 69.3 Å². The van der Waals surface area contributed by atoms with Gasteiger partial charge in [0.1, 0.15) is 4.90 Å². The van der Waals surface area contributed by atoms with E-state index in [9.17, 15) is 8.42 Å². The SMILES string of the molecule is Cc1n[nH]c(C)c1S(=O)(=O)N1CCN(Cc2ccccc2)C(C)C1. The summed E-state index contributed by atoms with van der Waals surface area (Å²) in [5.74, 6) is 0. The van der Waals surface area contributed by atoms with Crippen LogP contribution in [0.2, 0.25) is 0 Å². The Morgan fingerprint density at radius 3 is 2.50 bits per heavy atom. The zero-order chi connectivity index (χ0) is 17.3. The molecule has 130 valence electrons. The van der Waals surface area contributed by atoms with Crippen molar-refractivity contribution in [1.82, 2.24) is 19.4 Å². The van der Waals surface area contributed by atoms with Crippen molar-refractivity contribution in [2.75, 3.05) is 19.6 Å². The lowest BCUT2D eigenvalue weighted by Crippen LogP contribution is -2.53. The fourth-order valence-electron chi connectivity index (χ4n) is 3.28. The predicted molar refractivity (Wildman–Crippen MR) is 93.1 cm³/mol. The molecule has 1 aliphatic heterocycles. The zero-order valence-corrected chi connectivity index (χ0v) is 15.2. The molecular weight excluding hydrogens is 324 g/mol. The molecule has 0 spiro atoms. The predicted octanol–water partition coefficient (Wildman–Crippen LogP) is 1.92. The van der Waals surface area contributed by atoms with Crippen molar-refractivity contribution in [2.45, 2.75) is 38.3 Å². The maximum atomic E-state index is 12.9. The van der Waals surface area contributed by atoms with Crippen LogP contribution in [0.5, 0.6) is 0 Å². The molecule has 1 aromatic carbocycles. The number of piperazine rings is 1. The molecule has 2 heterocycles. The molecule has 2 aromatic rings. The molecule has 0 bridgehead atoms. The molecule has 0 radical (unpaired) electrons. The highest BCUT2D eigenvalue weighted by molar-refractivity contribution is 7.89. The summed E-state index contributed by atoms with van der Waals surface area (Å²) in [5.41, 5.74) is 2.39. The number of nitrogens with zero attached hydrogens (tertiary/aromatic N) is 3.